The van der Waals surface area contributed by atoms with Gasteiger partial charge in [-0.05, 0) is 56.0 Å². The van der Waals surface area contributed by atoms with Gasteiger partial charge < -0.3 is 10.2 Å². The summed E-state index contributed by atoms with van der Waals surface area (Å²) in [5.41, 5.74) is 4.81. The lowest BCUT2D eigenvalue weighted by Crippen LogP contribution is -2.49. The van der Waals surface area contributed by atoms with Gasteiger partial charge in [0.2, 0.25) is 0 Å². The van der Waals surface area contributed by atoms with Gasteiger partial charge >= 0.3 is 6.03 Å². The molecule has 2 aliphatic rings. The van der Waals surface area contributed by atoms with Crippen LogP contribution < -0.4 is 15.6 Å². The van der Waals surface area contributed by atoms with Crippen molar-refractivity contribution in [3.8, 4) is 0 Å². The summed E-state index contributed by atoms with van der Waals surface area (Å²) in [6.07, 6.45) is 3.44. The molecule has 0 saturated carbocycles. The maximum Gasteiger partial charge on any atom is 0.333 e. The number of rotatable bonds is 6. The number of nitrogens with one attached hydrogen (secondary N) is 2. The van der Waals surface area contributed by atoms with Gasteiger partial charge in [-0.3, -0.25) is 10.3 Å². The van der Waals surface area contributed by atoms with Gasteiger partial charge in [0.1, 0.15) is 0 Å². The molecule has 2 amide bonds. The van der Waals surface area contributed by atoms with E-state index in [-0.39, 0.29) is 6.03 Å². The summed E-state index contributed by atoms with van der Waals surface area (Å²) >= 11 is 12.6. The van der Waals surface area contributed by atoms with Gasteiger partial charge in [-0.1, -0.05) is 47.5 Å². The van der Waals surface area contributed by atoms with E-state index in [0.29, 0.717) is 16.0 Å². The topological polar surface area (TPSA) is 50.9 Å². The van der Waals surface area contributed by atoms with Crippen LogP contribution in [-0.4, -0.2) is 61.8 Å². The van der Waals surface area contributed by atoms with Crippen molar-refractivity contribution >= 4 is 40.6 Å². The Balaban J connectivity index is 1.13. The summed E-state index contributed by atoms with van der Waals surface area (Å²) in [6, 6.07) is 15.2. The lowest BCUT2D eigenvalue weighted by atomic mass is 9.94. The van der Waals surface area contributed by atoms with Gasteiger partial charge in [0.25, 0.3) is 0 Å². The van der Waals surface area contributed by atoms with Crippen LogP contribution in [0.25, 0.3) is 0 Å². The van der Waals surface area contributed by atoms with E-state index in [0.717, 1.165) is 70.0 Å². The molecular weight excluding hydrogens is 445 g/mol. The normalized spacial score (nSPS) is 18.5. The second kappa shape index (κ2) is 11.2. The quantitative estimate of drug-likeness (QED) is 0.619. The Morgan fingerprint density at radius 1 is 0.906 bits per heavy atom. The van der Waals surface area contributed by atoms with E-state index in [2.05, 4.69) is 20.5 Å². The van der Waals surface area contributed by atoms with Crippen molar-refractivity contribution in [2.45, 2.75) is 19.3 Å². The molecule has 4 rings (SSSR count). The number of para-hydroxylation sites is 1. The Morgan fingerprint density at radius 2 is 1.62 bits per heavy atom. The smallest absolute Gasteiger partial charge is 0.333 e. The van der Waals surface area contributed by atoms with E-state index in [1.54, 1.807) is 0 Å². The molecule has 0 unspecified atom stereocenters. The second-order valence-corrected chi connectivity index (χ2v) is 9.34. The number of nitrogens with zero attached hydrogens (tertiary/aromatic N) is 3. The molecule has 2 aromatic rings. The van der Waals surface area contributed by atoms with Crippen molar-refractivity contribution in [2.75, 3.05) is 56.0 Å². The minimum absolute atomic E-state index is 0.174. The van der Waals surface area contributed by atoms with Crippen molar-refractivity contribution in [2.24, 2.45) is 5.92 Å². The molecule has 8 heteroatoms. The number of halogens is 2. The molecule has 0 atom stereocenters. The minimum Gasteiger partial charge on any atom is -0.368 e. The highest BCUT2D eigenvalue weighted by molar-refractivity contribution is 6.43. The summed E-state index contributed by atoms with van der Waals surface area (Å²) in [7, 11) is 0. The van der Waals surface area contributed by atoms with Crippen molar-refractivity contribution in [3.63, 3.8) is 0 Å². The largest absolute Gasteiger partial charge is 0.368 e. The molecule has 2 saturated heterocycles. The second-order valence-electron chi connectivity index (χ2n) is 8.55. The van der Waals surface area contributed by atoms with E-state index < -0.39 is 0 Å². The third-order valence-corrected chi connectivity index (χ3v) is 7.21. The van der Waals surface area contributed by atoms with Gasteiger partial charge in [0, 0.05) is 45.0 Å². The molecule has 2 N–H and O–H groups in total. The monoisotopic (exact) mass is 475 g/mol. The molecule has 0 radical (unpaired) electrons. The first-order valence-electron chi connectivity index (χ1n) is 11.4. The maximum absolute atomic E-state index is 12.2. The predicted octanol–water partition coefficient (Wildman–Crippen LogP) is 4.95. The number of piperazine rings is 1. The zero-order valence-corrected chi connectivity index (χ0v) is 19.8. The Hall–Kier alpha value is -1.99. The molecule has 0 aliphatic carbocycles. The summed E-state index contributed by atoms with van der Waals surface area (Å²) in [5.74, 6) is 0.714. The molecule has 0 spiro atoms. The van der Waals surface area contributed by atoms with E-state index in [1.807, 2.05) is 53.5 Å². The standard InChI is InChI=1S/C24H31Cl2N5O/c25-21-7-4-8-22(23(21)26)30-17-15-29(16-18-30)12-9-19-10-13-31(14-11-19)28-24(32)27-20-5-2-1-3-6-20/h1-8,19H,9-18H2,(H2,27,28,32). The molecule has 172 valence electrons. The third-order valence-electron chi connectivity index (χ3n) is 6.40. The molecular formula is C24H31Cl2N5O. The number of hydrazine groups is 1. The fourth-order valence-corrected chi connectivity index (χ4v) is 4.89. The summed E-state index contributed by atoms with van der Waals surface area (Å²) < 4.78 is 0. The average molecular weight is 476 g/mol. The van der Waals surface area contributed by atoms with Crippen molar-refractivity contribution < 1.29 is 4.79 Å². The third kappa shape index (κ3) is 6.29. The summed E-state index contributed by atoms with van der Waals surface area (Å²) in [4.78, 5) is 17.1. The molecule has 0 aromatic heterocycles. The molecule has 0 bridgehead atoms. The number of urea groups is 1. The number of hydrogen-bond acceptors (Lipinski definition) is 4. The van der Waals surface area contributed by atoms with Gasteiger partial charge in [-0.2, -0.15) is 0 Å². The lowest BCUT2D eigenvalue weighted by Gasteiger charge is -2.38. The fraction of sp³-hybridized carbons (Fsp3) is 0.458. The van der Waals surface area contributed by atoms with Crippen LogP contribution in [0.2, 0.25) is 10.0 Å². The highest BCUT2D eigenvalue weighted by atomic mass is 35.5. The molecule has 2 heterocycles. The Bertz CT molecular complexity index is 881. The number of amides is 2. The van der Waals surface area contributed by atoms with Crippen LogP contribution in [0.3, 0.4) is 0 Å². The average Bonchev–Trinajstić information content (AvgIpc) is 2.81. The van der Waals surface area contributed by atoms with Crippen molar-refractivity contribution in [3.05, 3.63) is 58.6 Å². The van der Waals surface area contributed by atoms with Crippen LogP contribution in [0.5, 0.6) is 0 Å². The summed E-state index contributed by atoms with van der Waals surface area (Å²) in [5, 5.41) is 6.17. The Labute approximate surface area is 200 Å². The minimum atomic E-state index is -0.174. The number of benzene rings is 2. The first-order valence-corrected chi connectivity index (χ1v) is 12.1. The van der Waals surface area contributed by atoms with Crippen molar-refractivity contribution in [1.29, 1.82) is 0 Å². The number of anilines is 2. The van der Waals surface area contributed by atoms with Gasteiger partial charge in [-0.15, -0.1) is 0 Å². The van der Waals surface area contributed by atoms with Crippen LogP contribution in [-0.2, 0) is 0 Å². The first-order chi connectivity index (χ1) is 15.6. The number of carbonyl (C=O) groups is 1. The van der Waals surface area contributed by atoms with Crippen LogP contribution >= 0.6 is 23.2 Å². The molecule has 32 heavy (non-hydrogen) atoms. The van der Waals surface area contributed by atoms with Crippen LogP contribution in [0.4, 0.5) is 16.2 Å². The lowest BCUT2D eigenvalue weighted by molar-refractivity contribution is 0.125. The Morgan fingerprint density at radius 3 is 2.34 bits per heavy atom. The van der Waals surface area contributed by atoms with Crippen LogP contribution in [0.15, 0.2) is 48.5 Å². The van der Waals surface area contributed by atoms with Crippen molar-refractivity contribution in [1.82, 2.24) is 15.3 Å². The van der Waals surface area contributed by atoms with Gasteiger partial charge in [0.15, 0.2) is 0 Å². The molecule has 2 fully saturated rings. The number of piperidine rings is 1. The SMILES string of the molecule is O=C(Nc1ccccc1)NN1CCC(CCN2CCN(c3cccc(Cl)c3Cl)CC2)CC1. The number of hydrogen-bond donors (Lipinski definition) is 2. The highest BCUT2D eigenvalue weighted by Gasteiger charge is 2.23. The van der Waals surface area contributed by atoms with E-state index in [9.17, 15) is 4.79 Å². The van der Waals surface area contributed by atoms with E-state index in [1.165, 1.54) is 6.42 Å². The van der Waals surface area contributed by atoms with Gasteiger partial charge in [-0.25, -0.2) is 9.80 Å². The zero-order valence-electron chi connectivity index (χ0n) is 18.3. The fourth-order valence-electron chi connectivity index (χ4n) is 4.47. The highest BCUT2D eigenvalue weighted by Crippen LogP contribution is 2.33. The van der Waals surface area contributed by atoms with E-state index in [4.69, 9.17) is 23.2 Å². The molecule has 2 aliphatic heterocycles. The van der Waals surface area contributed by atoms with Crippen LogP contribution in [0.1, 0.15) is 19.3 Å². The molecule has 6 nitrogen and oxygen atoms in total. The molecule has 2 aromatic carbocycles. The zero-order chi connectivity index (χ0) is 22.3. The number of carbonyl (C=O) groups excluding carboxylic acids is 1. The van der Waals surface area contributed by atoms with Crippen LogP contribution in [0, 0.1) is 5.92 Å². The summed E-state index contributed by atoms with van der Waals surface area (Å²) in [6.45, 7) is 6.95. The van der Waals surface area contributed by atoms with E-state index >= 15 is 0 Å². The van der Waals surface area contributed by atoms with Gasteiger partial charge in [0.05, 0.1) is 15.7 Å². The first kappa shape index (κ1) is 23.2. The Kier molecular flexibility index (Phi) is 8.14. The maximum atomic E-state index is 12.2. The predicted molar refractivity (Wildman–Crippen MR) is 133 cm³/mol.